The van der Waals surface area contributed by atoms with Gasteiger partial charge in [-0.05, 0) is 24.3 Å². The van der Waals surface area contributed by atoms with Gasteiger partial charge in [-0.2, -0.15) is 0 Å². The van der Waals surface area contributed by atoms with Gasteiger partial charge < -0.3 is 14.5 Å². The molecule has 0 unspecified atom stereocenters. The number of hydrogen-bond acceptors (Lipinski definition) is 2. The summed E-state index contributed by atoms with van der Waals surface area (Å²) in [5.74, 6) is 0.149. The molecule has 0 spiro atoms. The minimum atomic E-state index is -0.320. The zero-order valence-corrected chi connectivity index (χ0v) is 16.8. The van der Waals surface area contributed by atoms with E-state index in [0.717, 1.165) is 13.1 Å². The van der Waals surface area contributed by atoms with Crippen molar-refractivity contribution in [2.45, 2.75) is 6.04 Å². The first-order chi connectivity index (χ1) is 14.7. The van der Waals surface area contributed by atoms with E-state index >= 15 is 0 Å². The number of hydrogen-bond donors (Lipinski definition) is 1. The number of nitrogens with one attached hydrogen (secondary N) is 1. The van der Waals surface area contributed by atoms with Crippen molar-refractivity contribution in [3.63, 3.8) is 0 Å². The van der Waals surface area contributed by atoms with Gasteiger partial charge in [0.05, 0.1) is 26.2 Å². The summed E-state index contributed by atoms with van der Waals surface area (Å²) in [5, 5.41) is 0. The maximum atomic E-state index is 13.0. The first-order valence-corrected chi connectivity index (χ1v) is 10.3. The number of piperazine rings is 1. The Hall–Kier alpha value is -3.18. The molecule has 5 heteroatoms. The average molecular weight is 405 g/mol. The lowest BCUT2D eigenvalue weighted by Crippen LogP contribution is -3.15. The zero-order valence-electron chi connectivity index (χ0n) is 16.8. The lowest BCUT2D eigenvalue weighted by atomic mass is 9.96. The normalized spacial score (nSPS) is 14.7. The number of carbonyl (C=O) groups is 1. The monoisotopic (exact) mass is 405 g/mol. The molecular formula is C25H26FN2O2+. The number of benzene rings is 3. The Labute approximate surface area is 176 Å². The fraction of sp³-hybridized carbons (Fsp3) is 0.240. The van der Waals surface area contributed by atoms with Crippen LogP contribution in [0.5, 0.6) is 5.75 Å². The Morgan fingerprint density at radius 2 is 1.40 bits per heavy atom. The van der Waals surface area contributed by atoms with Gasteiger partial charge in [0.2, 0.25) is 0 Å². The van der Waals surface area contributed by atoms with Gasteiger partial charge >= 0.3 is 0 Å². The van der Waals surface area contributed by atoms with Crippen LogP contribution in [0.2, 0.25) is 0 Å². The molecule has 3 aromatic carbocycles. The Morgan fingerprint density at radius 1 is 0.867 bits per heavy atom. The molecule has 0 aromatic heterocycles. The Balaban J connectivity index is 1.38. The highest BCUT2D eigenvalue weighted by atomic mass is 19.1. The second kappa shape index (κ2) is 9.55. The molecule has 0 radical (unpaired) electrons. The number of amides is 1. The van der Waals surface area contributed by atoms with Crippen LogP contribution in [0.4, 0.5) is 4.39 Å². The largest absolute Gasteiger partial charge is 0.484 e. The van der Waals surface area contributed by atoms with E-state index in [4.69, 9.17) is 4.74 Å². The third-order valence-corrected chi connectivity index (χ3v) is 5.61. The molecular weight excluding hydrogens is 379 g/mol. The number of halogens is 1. The van der Waals surface area contributed by atoms with E-state index in [1.165, 1.54) is 40.3 Å². The molecule has 4 rings (SSSR count). The molecule has 0 bridgehead atoms. The standard InChI is InChI=1S/C25H25FN2O2/c26-22-11-13-23(14-12-22)30-19-24(29)27-15-17-28(18-16-27)25(20-7-3-1-4-8-20)21-9-5-2-6-10-21/h1-14,25H,15-19H2/p+1. The average Bonchev–Trinajstić information content (AvgIpc) is 2.81. The molecule has 1 aliphatic heterocycles. The maximum absolute atomic E-state index is 13.0. The molecule has 0 aliphatic carbocycles. The van der Waals surface area contributed by atoms with Crippen LogP contribution < -0.4 is 9.64 Å². The summed E-state index contributed by atoms with van der Waals surface area (Å²) < 4.78 is 18.5. The summed E-state index contributed by atoms with van der Waals surface area (Å²) in [6.07, 6.45) is 0. The molecule has 1 aliphatic rings. The van der Waals surface area contributed by atoms with E-state index in [1.807, 2.05) is 17.0 Å². The van der Waals surface area contributed by atoms with Crippen molar-refractivity contribution in [2.75, 3.05) is 32.8 Å². The van der Waals surface area contributed by atoms with Crippen LogP contribution in [-0.4, -0.2) is 43.6 Å². The number of nitrogens with zero attached hydrogens (tertiary/aromatic N) is 1. The van der Waals surface area contributed by atoms with Crippen LogP contribution in [0.3, 0.4) is 0 Å². The summed E-state index contributed by atoms with van der Waals surface area (Å²) in [5.41, 5.74) is 2.58. The van der Waals surface area contributed by atoms with Crippen molar-refractivity contribution in [1.29, 1.82) is 0 Å². The van der Waals surface area contributed by atoms with Crippen molar-refractivity contribution in [3.8, 4) is 5.75 Å². The van der Waals surface area contributed by atoms with E-state index in [-0.39, 0.29) is 24.4 Å². The Kier molecular flexibility index (Phi) is 6.40. The Bertz CT molecular complexity index is 900. The molecule has 1 heterocycles. The van der Waals surface area contributed by atoms with Crippen molar-refractivity contribution in [3.05, 3.63) is 102 Å². The molecule has 1 amide bonds. The van der Waals surface area contributed by atoms with Crippen LogP contribution in [0.25, 0.3) is 0 Å². The van der Waals surface area contributed by atoms with Crippen LogP contribution in [0.1, 0.15) is 17.2 Å². The topological polar surface area (TPSA) is 34.0 Å². The summed E-state index contributed by atoms with van der Waals surface area (Å²) in [6.45, 7) is 3.10. The summed E-state index contributed by atoms with van der Waals surface area (Å²) in [6, 6.07) is 27.1. The van der Waals surface area contributed by atoms with E-state index in [1.54, 1.807) is 0 Å². The van der Waals surface area contributed by atoms with Gasteiger partial charge in [0, 0.05) is 11.1 Å². The number of carbonyl (C=O) groups excluding carboxylic acids is 1. The van der Waals surface area contributed by atoms with E-state index in [2.05, 4.69) is 48.5 Å². The highest BCUT2D eigenvalue weighted by Crippen LogP contribution is 2.19. The molecule has 1 saturated heterocycles. The molecule has 4 nitrogen and oxygen atoms in total. The summed E-state index contributed by atoms with van der Waals surface area (Å²) in [7, 11) is 0. The fourth-order valence-electron chi connectivity index (χ4n) is 4.05. The lowest BCUT2D eigenvalue weighted by Gasteiger charge is -2.37. The Morgan fingerprint density at radius 3 is 1.93 bits per heavy atom. The molecule has 154 valence electrons. The van der Waals surface area contributed by atoms with Crippen molar-refractivity contribution in [1.82, 2.24) is 4.90 Å². The molecule has 30 heavy (non-hydrogen) atoms. The van der Waals surface area contributed by atoms with E-state index in [0.29, 0.717) is 18.8 Å². The molecule has 1 fully saturated rings. The van der Waals surface area contributed by atoms with Crippen LogP contribution in [0, 0.1) is 5.82 Å². The van der Waals surface area contributed by atoms with Gasteiger partial charge in [-0.3, -0.25) is 4.79 Å². The van der Waals surface area contributed by atoms with Gasteiger partial charge in [-0.1, -0.05) is 60.7 Å². The SMILES string of the molecule is O=C(COc1ccc(F)cc1)N1CC[NH+](C(c2ccccc2)c2ccccc2)CC1. The van der Waals surface area contributed by atoms with Gasteiger partial charge in [-0.25, -0.2) is 4.39 Å². The van der Waals surface area contributed by atoms with Gasteiger partial charge in [0.1, 0.15) is 17.6 Å². The fourth-order valence-corrected chi connectivity index (χ4v) is 4.05. The quantitative estimate of drug-likeness (QED) is 0.684. The number of quaternary nitrogens is 1. The minimum absolute atomic E-state index is 0.0260. The number of ether oxygens (including phenoxy) is 1. The van der Waals surface area contributed by atoms with Crippen LogP contribution >= 0.6 is 0 Å². The van der Waals surface area contributed by atoms with Crippen molar-refractivity contribution in [2.24, 2.45) is 0 Å². The first-order valence-electron chi connectivity index (χ1n) is 10.3. The molecule has 1 N–H and O–H groups in total. The minimum Gasteiger partial charge on any atom is -0.484 e. The lowest BCUT2D eigenvalue weighted by molar-refractivity contribution is -0.929. The molecule has 3 aromatic rings. The second-order valence-electron chi connectivity index (χ2n) is 7.54. The van der Waals surface area contributed by atoms with Crippen LogP contribution in [0.15, 0.2) is 84.9 Å². The first kappa shape index (κ1) is 20.1. The molecule has 0 atom stereocenters. The second-order valence-corrected chi connectivity index (χ2v) is 7.54. The zero-order chi connectivity index (χ0) is 20.8. The highest BCUT2D eigenvalue weighted by Gasteiger charge is 2.31. The highest BCUT2D eigenvalue weighted by molar-refractivity contribution is 5.77. The predicted octanol–water partition coefficient (Wildman–Crippen LogP) is 2.72. The van der Waals surface area contributed by atoms with Crippen LogP contribution in [-0.2, 0) is 4.79 Å². The van der Waals surface area contributed by atoms with Gasteiger partial charge in [0.15, 0.2) is 6.61 Å². The van der Waals surface area contributed by atoms with Gasteiger partial charge in [0.25, 0.3) is 5.91 Å². The molecule has 0 saturated carbocycles. The third kappa shape index (κ3) is 4.86. The van der Waals surface area contributed by atoms with Crippen molar-refractivity contribution >= 4 is 5.91 Å². The van der Waals surface area contributed by atoms with Crippen molar-refractivity contribution < 1.29 is 18.8 Å². The van der Waals surface area contributed by atoms with E-state index < -0.39 is 0 Å². The van der Waals surface area contributed by atoms with Gasteiger partial charge in [-0.15, -0.1) is 0 Å². The third-order valence-electron chi connectivity index (χ3n) is 5.61. The summed E-state index contributed by atoms with van der Waals surface area (Å²) in [4.78, 5) is 15.9. The summed E-state index contributed by atoms with van der Waals surface area (Å²) >= 11 is 0. The number of rotatable bonds is 6. The maximum Gasteiger partial charge on any atom is 0.260 e. The predicted molar refractivity (Wildman–Crippen MR) is 114 cm³/mol. The van der Waals surface area contributed by atoms with E-state index in [9.17, 15) is 9.18 Å². The smallest absolute Gasteiger partial charge is 0.260 e.